The Morgan fingerprint density at radius 2 is 1.84 bits per heavy atom. The summed E-state index contributed by atoms with van der Waals surface area (Å²) in [6.07, 6.45) is 0. The lowest BCUT2D eigenvalue weighted by Gasteiger charge is -2.19. The van der Waals surface area contributed by atoms with Crippen molar-refractivity contribution in [2.24, 2.45) is 0 Å². The highest BCUT2D eigenvalue weighted by atomic mass is 32.1. The first kappa shape index (κ1) is 22.6. The van der Waals surface area contributed by atoms with E-state index in [1.807, 2.05) is 0 Å². The average molecular weight is 453 g/mol. The Balaban J connectivity index is 1.68. The van der Waals surface area contributed by atoms with Crippen LogP contribution in [0.2, 0.25) is 0 Å². The molecule has 0 aliphatic heterocycles. The highest BCUT2D eigenvalue weighted by molar-refractivity contribution is 7.12. The molecule has 0 saturated heterocycles. The third-order valence-corrected chi connectivity index (χ3v) is 5.49. The van der Waals surface area contributed by atoms with Gasteiger partial charge in [0.15, 0.2) is 6.61 Å². The normalized spacial score (nSPS) is 10.3. The molecular weight excluding hydrogens is 434 g/mol. The van der Waals surface area contributed by atoms with Crippen LogP contribution in [0.1, 0.15) is 25.6 Å². The molecule has 0 atom stereocenters. The summed E-state index contributed by atoms with van der Waals surface area (Å²) >= 11 is 1.28. The van der Waals surface area contributed by atoms with Crippen molar-refractivity contribution in [1.29, 1.82) is 0 Å². The molecule has 2 aromatic carbocycles. The number of hydrogen-bond acceptors (Lipinski definition) is 7. The van der Waals surface area contributed by atoms with Crippen LogP contribution in [-0.2, 0) is 9.53 Å². The molecule has 10 heteroatoms. The lowest BCUT2D eigenvalue weighted by Crippen LogP contribution is -2.28. The third kappa shape index (κ3) is 4.98. The molecule has 0 bridgehead atoms. The quantitative estimate of drug-likeness (QED) is 0.328. The predicted octanol–water partition coefficient (Wildman–Crippen LogP) is 4.04. The first-order valence-electron chi connectivity index (χ1n) is 9.41. The van der Waals surface area contributed by atoms with Gasteiger partial charge in [0.05, 0.1) is 32.3 Å². The van der Waals surface area contributed by atoms with Crippen LogP contribution in [0, 0.1) is 17.0 Å². The summed E-state index contributed by atoms with van der Waals surface area (Å²) in [6, 6.07) is 14.1. The van der Waals surface area contributed by atoms with Crippen molar-refractivity contribution in [2.45, 2.75) is 6.92 Å². The van der Waals surface area contributed by atoms with Crippen LogP contribution in [0.15, 0.2) is 60.0 Å². The van der Waals surface area contributed by atoms with Crippen LogP contribution in [0.25, 0.3) is 0 Å². The fourth-order valence-electron chi connectivity index (χ4n) is 2.97. The van der Waals surface area contributed by atoms with Crippen molar-refractivity contribution in [1.82, 2.24) is 0 Å². The van der Waals surface area contributed by atoms with E-state index in [1.165, 1.54) is 47.4 Å². The predicted molar refractivity (Wildman–Crippen MR) is 120 cm³/mol. The molecule has 0 spiro atoms. The topological polar surface area (TPSA) is 119 Å². The van der Waals surface area contributed by atoms with Gasteiger partial charge in [-0.1, -0.05) is 24.3 Å². The summed E-state index contributed by atoms with van der Waals surface area (Å²) in [6.45, 7) is 0.911. The Hall–Kier alpha value is -4.05. The van der Waals surface area contributed by atoms with Crippen LogP contribution in [-0.4, -0.2) is 36.4 Å². The maximum absolute atomic E-state index is 12.6. The SMILES string of the molecule is Cc1c(NC(=O)COC(=O)c2ccccc2N(C)C(=O)c2cccs2)cccc1[N+](=O)[O-]. The number of nitro benzene ring substituents is 1. The zero-order chi connectivity index (χ0) is 23.3. The summed E-state index contributed by atoms with van der Waals surface area (Å²) in [5.41, 5.74) is 0.871. The minimum Gasteiger partial charge on any atom is -0.452 e. The van der Waals surface area contributed by atoms with Gasteiger partial charge in [-0.15, -0.1) is 11.3 Å². The molecular formula is C22H19N3O6S. The fourth-order valence-corrected chi connectivity index (χ4v) is 3.66. The summed E-state index contributed by atoms with van der Waals surface area (Å²) in [5.74, 6) is -1.71. The molecule has 1 N–H and O–H groups in total. The molecule has 3 rings (SSSR count). The molecule has 3 aromatic rings. The largest absolute Gasteiger partial charge is 0.452 e. The summed E-state index contributed by atoms with van der Waals surface area (Å²) < 4.78 is 5.12. The smallest absolute Gasteiger partial charge is 0.340 e. The number of esters is 1. The van der Waals surface area contributed by atoms with Gasteiger partial charge in [-0.05, 0) is 36.6 Å². The van der Waals surface area contributed by atoms with Gasteiger partial charge in [0.25, 0.3) is 17.5 Å². The number of hydrogen-bond donors (Lipinski definition) is 1. The average Bonchev–Trinajstić information content (AvgIpc) is 3.32. The fraction of sp³-hybridized carbons (Fsp3) is 0.136. The van der Waals surface area contributed by atoms with Crippen LogP contribution in [0.4, 0.5) is 17.1 Å². The van der Waals surface area contributed by atoms with Gasteiger partial charge < -0.3 is 15.0 Å². The molecule has 1 aromatic heterocycles. The van der Waals surface area contributed by atoms with E-state index in [0.29, 0.717) is 10.6 Å². The maximum atomic E-state index is 12.6. The highest BCUT2D eigenvalue weighted by Gasteiger charge is 2.22. The number of ether oxygens (including phenoxy) is 1. The summed E-state index contributed by atoms with van der Waals surface area (Å²) in [4.78, 5) is 49.8. The van der Waals surface area contributed by atoms with Crippen molar-refractivity contribution in [3.05, 3.63) is 86.1 Å². The molecule has 1 heterocycles. The van der Waals surface area contributed by atoms with Crippen LogP contribution in [0.3, 0.4) is 0 Å². The number of anilines is 2. The number of thiophene rings is 1. The molecule has 164 valence electrons. The molecule has 0 radical (unpaired) electrons. The number of rotatable bonds is 7. The molecule has 0 aliphatic rings. The van der Waals surface area contributed by atoms with Gasteiger partial charge in [-0.25, -0.2) is 4.79 Å². The van der Waals surface area contributed by atoms with Crippen molar-refractivity contribution in [3.63, 3.8) is 0 Å². The second kappa shape index (κ2) is 9.84. The Kier molecular flexibility index (Phi) is 6.96. The second-order valence-electron chi connectivity index (χ2n) is 6.69. The van der Waals surface area contributed by atoms with Crippen molar-refractivity contribution < 1.29 is 24.0 Å². The number of nitrogens with one attached hydrogen (secondary N) is 1. The number of carbonyl (C=O) groups is 3. The van der Waals surface area contributed by atoms with Crippen molar-refractivity contribution in [2.75, 3.05) is 23.9 Å². The van der Waals surface area contributed by atoms with E-state index in [-0.39, 0.29) is 28.4 Å². The van der Waals surface area contributed by atoms with Crippen molar-refractivity contribution in [3.8, 4) is 0 Å². The Morgan fingerprint density at radius 3 is 2.53 bits per heavy atom. The van der Waals surface area contributed by atoms with Gasteiger partial charge in [-0.3, -0.25) is 19.7 Å². The summed E-state index contributed by atoms with van der Waals surface area (Å²) in [5, 5.41) is 15.3. The van der Waals surface area contributed by atoms with Crippen molar-refractivity contribution >= 4 is 46.2 Å². The van der Waals surface area contributed by atoms with Gasteiger partial charge in [0.1, 0.15) is 0 Å². The number of nitrogens with zero attached hydrogens (tertiary/aromatic N) is 2. The van der Waals surface area contributed by atoms with Gasteiger partial charge in [0, 0.05) is 13.1 Å². The monoisotopic (exact) mass is 453 g/mol. The van der Waals surface area contributed by atoms with Crippen LogP contribution >= 0.6 is 11.3 Å². The zero-order valence-corrected chi connectivity index (χ0v) is 18.0. The lowest BCUT2D eigenvalue weighted by atomic mass is 10.1. The molecule has 0 unspecified atom stereocenters. The lowest BCUT2D eigenvalue weighted by molar-refractivity contribution is -0.385. The number of amides is 2. The molecule has 9 nitrogen and oxygen atoms in total. The van der Waals surface area contributed by atoms with E-state index in [9.17, 15) is 24.5 Å². The summed E-state index contributed by atoms with van der Waals surface area (Å²) in [7, 11) is 1.55. The Morgan fingerprint density at radius 1 is 1.09 bits per heavy atom. The molecule has 0 aliphatic carbocycles. The van der Waals surface area contributed by atoms with E-state index >= 15 is 0 Å². The molecule has 2 amide bonds. The second-order valence-corrected chi connectivity index (χ2v) is 7.64. The van der Waals surface area contributed by atoms with E-state index < -0.39 is 23.4 Å². The zero-order valence-electron chi connectivity index (χ0n) is 17.2. The number of para-hydroxylation sites is 1. The van der Waals surface area contributed by atoms with E-state index in [2.05, 4.69) is 5.32 Å². The van der Waals surface area contributed by atoms with Crippen LogP contribution < -0.4 is 10.2 Å². The van der Waals surface area contributed by atoms with E-state index in [4.69, 9.17) is 4.74 Å². The minimum atomic E-state index is -0.780. The Bertz CT molecular complexity index is 1180. The first-order chi connectivity index (χ1) is 15.3. The number of benzene rings is 2. The molecule has 32 heavy (non-hydrogen) atoms. The Labute approximate surface area is 187 Å². The third-order valence-electron chi connectivity index (χ3n) is 4.63. The van der Waals surface area contributed by atoms with Gasteiger partial charge >= 0.3 is 5.97 Å². The maximum Gasteiger partial charge on any atom is 0.340 e. The highest BCUT2D eigenvalue weighted by Crippen LogP contribution is 2.25. The van der Waals surface area contributed by atoms with Crippen LogP contribution in [0.5, 0.6) is 0 Å². The van der Waals surface area contributed by atoms with Gasteiger partial charge in [-0.2, -0.15) is 0 Å². The standard InChI is InChI=1S/C22H19N3O6S/c1-14-16(8-5-10-17(14)25(29)30)23-20(26)13-31-22(28)15-7-3-4-9-18(15)24(2)21(27)19-11-6-12-32-19/h3-12H,13H2,1-2H3,(H,23,26). The van der Waals surface area contributed by atoms with E-state index in [0.717, 1.165) is 0 Å². The number of nitro groups is 1. The minimum absolute atomic E-state index is 0.124. The molecule has 0 fully saturated rings. The number of carbonyl (C=O) groups excluding carboxylic acids is 3. The first-order valence-corrected chi connectivity index (χ1v) is 10.3. The molecule has 0 saturated carbocycles. The van der Waals surface area contributed by atoms with Gasteiger partial charge in [0.2, 0.25) is 0 Å². The van der Waals surface area contributed by atoms with E-state index in [1.54, 1.807) is 42.8 Å².